The summed E-state index contributed by atoms with van der Waals surface area (Å²) in [6.07, 6.45) is 1.77. The van der Waals surface area contributed by atoms with E-state index in [0.717, 1.165) is 37.2 Å². The van der Waals surface area contributed by atoms with Crippen LogP contribution in [0.5, 0.6) is 0 Å². The highest BCUT2D eigenvalue weighted by Crippen LogP contribution is 2.19. The summed E-state index contributed by atoms with van der Waals surface area (Å²) < 4.78 is 0. The van der Waals surface area contributed by atoms with Crippen molar-refractivity contribution in [1.29, 1.82) is 0 Å². The number of piperidine rings is 1. The number of nitrogens with zero attached hydrogens (tertiary/aromatic N) is 1. The minimum absolute atomic E-state index is 0. The summed E-state index contributed by atoms with van der Waals surface area (Å²) in [5, 5.41) is 0. The molecule has 21 heavy (non-hydrogen) atoms. The summed E-state index contributed by atoms with van der Waals surface area (Å²) in [4.78, 5) is 17.5. The molecule has 1 amide bonds. The first-order valence-electron chi connectivity index (χ1n) is 7.03. The molecular formula is C16H20ClN3O. The highest BCUT2D eigenvalue weighted by atomic mass is 35.5. The van der Waals surface area contributed by atoms with Crippen LogP contribution >= 0.6 is 12.4 Å². The molecule has 3 N–H and O–H groups in total. The van der Waals surface area contributed by atoms with Crippen LogP contribution in [0.25, 0.3) is 11.3 Å². The predicted molar refractivity (Wildman–Crippen MR) is 86.6 cm³/mol. The Morgan fingerprint density at radius 1 is 1.10 bits per heavy atom. The lowest BCUT2D eigenvalue weighted by Crippen LogP contribution is -2.42. The number of carbonyl (C=O) groups is 1. The van der Waals surface area contributed by atoms with E-state index in [1.54, 1.807) is 0 Å². The quantitative estimate of drug-likeness (QED) is 0.896. The standard InChI is InChI=1S/C16H19N3O.ClH/c17-13-8-10-19(11-9-13)16(20)15-7-6-14(18-15)12-4-2-1-3-5-12;/h1-7,13,18H,8-11,17H2;1H. The molecule has 2 heterocycles. The van der Waals surface area contributed by atoms with Gasteiger partial charge in [-0.1, -0.05) is 30.3 Å². The van der Waals surface area contributed by atoms with Crippen molar-refractivity contribution in [2.45, 2.75) is 18.9 Å². The Kier molecular flexibility index (Phi) is 5.04. The van der Waals surface area contributed by atoms with E-state index in [-0.39, 0.29) is 24.4 Å². The Hall–Kier alpha value is -1.78. The number of aromatic amines is 1. The van der Waals surface area contributed by atoms with Gasteiger partial charge in [0.1, 0.15) is 5.69 Å². The average molecular weight is 306 g/mol. The second-order valence-corrected chi connectivity index (χ2v) is 5.28. The Balaban J connectivity index is 0.00000161. The van der Waals surface area contributed by atoms with Crippen LogP contribution in [0.4, 0.5) is 0 Å². The normalized spacial score (nSPS) is 15.6. The molecule has 0 radical (unpaired) electrons. The monoisotopic (exact) mass is 305 g/mol. The molecule has 1 aromatic heterocycles. The fraction of sp³-hybridized carbons (Fsp3) is 0.312. The Morgan fingerprint density at radius 3 is 2.43 bits per heavy atom. The van der Waals surface area contributed by atoms with Crippen molar-refractivity contribution < 1.29 is 4.79 Å². The summed E-state index contributed by atoms with van der Waals surface area (Å²) in [7, 11) is 0. The molecule has 4 nitrogen and oxygen atoms in total. The molecule has 1 saturated heterocycles. The van der Waals surface area contributed by atoms with Crippen LogP contribution in [-0.2, 0) is 0 Å². The number of amides is 1. The summed E-state index contributed by atoms with van der Waals surface area (Å²) in [5.74, 6) is 0.0686. The van der Waals surface area contributed by atoms with E-state index in [4.69, 9.17) is 5.73 Å². The molecule has 0 bridgehead atoms. The van der Waals surface area contributed by atoms with Gasteiger partial charge in [0.25, 0.3) is 5.91 Å². The number of H-pyrrole nitrogens is 1. The molecular weight excluding hydrogens is 286 g/mol. The highest BCUT2D eigenvalue weighted by Gasteiger charge is 2.22. The predicted octanol–water partition coefficient (Wildman–Crippen LogP) is 2.67. The van der Waals surface area contributed by atoms with Crippen LogP contribution in [-0.4, -0.2) is 34.9 Å². The first-order chi connectivity index (χ1) is 9.74. The number of rotatable bonds is 2. The van der Waals surface area contributed by atoms with Gasteiger partial charge in [-0.05, 0) is 30.5 Å². The molecule has 0 spiro atoms. The zero-order valence-corrected chi connectivity index (χ0v) is 12.6. The lowest BCUT2D eigenvalue weighted by Gasteiger charge is -2.29. The van der Waals surface area contributed by atoms with Crippen molar-refractivity contribution in [2.75, 3.05) is 13.1 Å². The van der Waals surface area contributed by atoms with Gasteiger partial charge in [-0.25, -0.2) is 0 Å². The molecule has 0 aliphatic carbocycles. The third-order valence-electron chi connectivity index (χ3n) is 3.83. The molecule has 5 heteroatoms. The van der Waals surface area contributed by atoms with Gasteiger partial charge in [-0.2, -0.15) is 0 Å². The Bertz CT molecular complexity index is 589. The van der Waals surface area contributed by atoms with Crippen molar-refractivity contribution in [3.63, 3.8) is 0 Å². The summed E-state index contributed by atoms with van der Waals surface area (Å²) in [6, 6.07) is 14.1. The van der Waals surface area contributed by atoms with E-state index >= 15 is 0 Å². The Labute approximate surface area is 130 Å². The molecule has 1 fully saturated rings. The maximum Gasteiger partial charge on any atom is 0.270 e. The number of nitrogens with two attached hydrogens (primary N) is 1. The van der Waals surface area contributed by atoms with Gasteiger partial charge in [0.15, 0.2) is 0 Å². The molecule has 112 valence electrons. The zero-order valence-electron chi connectivity index (χ0n) is 11.8. The molecule has 1 aliphatic rings. The van der Waals surface area contributed by atoms with Crippen molar-refractivity contribution in [3.8, 4) is 11.3 Å². The fourth-order valence-electron chi connectivity index (χ4n) is 2.58. The summed E-state index contributed by atoms with van der Waals surface area (Å²) >= 11 is 0. The number of hydrogen-bond donors (Lipinski definition) is 2. The Morgan fingerprint density at radius 2 is 1.76 bits per heavy atom. The third-order valence-corrected chi connectivity index (χ3v) is 3.83. The lowest BCUT2D eigenvalue weighted by atomic mass is 10.1. The fourth-order valence-corrected chi connectivity index (χ4v) is 2.58. The van der Waals surface area contributed by atoms with Crippen LogP contribution in [0.1, 0.15) is 23.3 Å². The summed E-state index contributed by atoms with van der Waals surface area (Å²) in [6.45, 7) is 1.50. The maximum absolute atomic E-state index is 12.4. The van der Waals surface area contributed by atoms with Crippen molar-refractivity contribution in [3.05, 3.63) is 48.2 Å². The van der Waals surface area contributed by atoms with Gasteiger partial charge in [0.05, 0.1) is 0 Å². The average Bonchev–Trinajstić information content (AvgIpc) is 2.98. The van der Waals surface area contributed by atoms with E-state index in [1.165, 1.54) is 0 Å². The molecule has 1 aromatic carbocycles. The number of aromatic nitrogens is 1. The first-order valence-corrected chi connectivity index (χ1v) is 7.03. The molecule has 2 aromatic rings. The molecule has 0 atom stereocenters. The maximum atomic E-state index is 12.4. The molecule has 0 saturated carbocycles. The number of halogens is 1. The van der Waals surface area contributed by atoms with E-state index in [0.29, 0.717) is 5.69 Å². The van der Waals surface area contributed by atoms with Crippen molar-refractivity contribution in [1.82, 2.24) is 9.88 Å². The lowest BCUT2D eigenvalue weighted by molar-refractivity contribution is 0.0709. The van der Waals surface area contributed by atoms with E-state index in [1.807, 2.05) is 47.4 Å². The number of nitrogens with one attached hydrogen (secondary N) is 1. The van der Waals surface area contributed by atoms with Gasteiger partial charge in [0.2, 0.25) is 0 Å². The number of benzene rings is 1. The summed E-state index contributed by atoms with van der Waals surface area (Å²) in [5.41, 5.74) is 8.59. The first kappa shape index (κ1) is 15.6. The van der Waals surface area contributed by atoms with Crippen molar-refractivity contribution in [2.24, 2.45) is 5.73 Å². The molecule has 1 aliphatic heterocycles. The smallest absolute Gasteiger partial charge is 0.270 e. The van der Waals surface area contributed by atoms with Crippen LogP contribution in [0.15, 0.2) is 42.5 Å². The largest absolute Gasteiger partial charge is 0.351 e. The number of likely N-dealkylation sites (tertiary alicyclic amines) is 1. The molecule has 0 unspecified atom stereocenters. The van der Waals surface area contributed by atoms with Crippen LogP contribution in [0, 0.1) is 0 Å². The van der Waals surface area contributed by atoms with E-state index in [9.17, 15) is 4.79 Å². The van der Waals surface area contributed by atoms with Crippen LogP contribution < -0.4 is 5.73 Å². The van der Waals surface area contributed by atoms with Gasteiger partial charge < -0.3 is 15.6 Å². The second-order valence-electron chi connectivity index (χ2n) is 5.28. The van der Waals surface area contributed by atoms with Crippen LogP contribution in [0.3, 0.4) is 0 Å². The van der Waals surface area contributed by atoms with E-state index in [2.05, 4.69) is 4.98 Å². The minimum Gasteiger partial charge on any atom is -0.351 e. The van der Waals surface area contributed by atoms with Crippen molar-refractivity contribution >= 4 is 18.3 Å². The van der Waals surface area contributed by atoms with Gasteiger partial charge in [-0.3, -0.25) is 4.79 Å². The number of hydrogen-bond acceptors (Lipinski definition) is 2. The third kappa shape index (κ3) is 3.46. The van der Waals surface area contributed by atoms with E-state index < -0.39 is 0 Å². The van der Waals surface area contributed by atoms with Gasteiger partial charge in [0, 0.05) is 24.8 Å². The SMILES string of the molecule is Cl.NC1CCN(C(=O)c2ccc(-c3ccccc3)[nH]2)CC1. The minimum atomic E-state index is 0. The van der Waals surface area contributed by atoms with Crippen LogP contribution in [0.2, 0.25) is 0 Å². The zero-order chi connectivity index (χ0) is 13.9. The second kappa shape index (κ2) is 6.78. The van der Waals surface area contributed by atoms with Gasteiger partial charge in [-0.15, -0.1) is 12.4 Å². The topological polar surface area (TPSA) is 62.1 Å². The highest BCUT2D eigenvalue weighted by molar-refractivity contribution is 5.93. The number of carbonyl (C=O) groups excluding carboxylic acids is 1. The van der Waals surface area contributed by atoms with Gasteiger partial charge >= 0.3 is 0 Å². The molecule has 3 rings (SSSR count).